The van der Waals surface area contributed by atoms with Crippen molar-refractivity contribution in [2.75, 3.05) is 11.9 Å². The van der Waals surface area contributed by atoms with Crippen molar-refractivity contribution in [3.63, 3.8) is 0 Å². The second-order valence-corrected chi connectivity index (χ2v) is 8.25. The summed E-state index contributed by atoms with van der Waals surface area (Å²) >= 11 is 1.20. The lowest BCUT2D eigenvalue weighted by Crippen LogP contribution is -2.40. The SMILES string of the molecule is CCOC(=O)C1=C(C)N=c2s/c(=C\Nc3ccc(C(=O)O)cc3)c(=O)n2[C@H]1c1ccccc1. The number of esters is 1. The number of anilines is 1. The van der Waals surface area contributed by atoms with Crippen LogP contribution >= 0.6 is 11.3 Å². The molecule has 1 aromatic heterocycles. The Morgan fingerprint density at radius 3 is 2.52 bits per heavy atom. The molecule has 168 valence electrons. The highest BCUT2D eigenvalue weighted by Crippen LogP contribution is 2.30. The van der Waals surface area contributed by atoms with E-state index in [1.807, 2.05) is 30.3 Å². The van der Waals surface area contributed by atoms with Gasteiger partial charge in [0.15, 0.2) is 4.80 Å². The second-order valence-electron chi connectivity index (χ2n) is 7.24. The van der Waals surface area contributed by atoms with Crippen LogP contribution in [0.4, 0.5) is 5.69 Å². The Balaban J connectivity index is 1.80. The van der Waals surface area contributed by atoms with E-state index >= 15 is 0 Å². The minimum absolute atomic E-state index is 0.171. The smallest absolute Gasteiger partial charge is 0.338 e. The molecule has 1 aliphatic heterocycles. The van der Waals surface area contributed by atoms with Gasteiger partial charge < -0.3 is 15.2 Å². The number of carbonyl (C=O) groups excluding carboxylic acids is 1. The molecule has 0 fully saturated rings. The minimum atomic E-state index is -1.01. The summed E-state index contributed by atoms with van der Waals surface area (Å²) in [6.07, 6.45) is 1.56. The average molecular weight is 464 g/mol. The molecule has 0 amide bonds. The summed E-state index contributed by atoms with van der Waals surface area (Å²) in [6.45, 7) is 3.68. The summed E-state index contributed by atoms with van der Waals surface area (Å²) in [6, 6.07) is 14.8. The lowest BCUT2D eigenvalue weighted by molar-refractivity contribution is -0.139. The second kappa shape index (κ2) is 9.25. The van der Waals surface area contributed by atoms with Crippen LogP contribution in [0.15, 0.2) is 75.7 Å². The zero-order valence-corrected chi connectivity index (χ0v) is 18.8. The number of nitrogens with one attached hydrogen (secondary N) is 1. The van der Waals surface area contributed by atoms with Crippen LogP contribution in [0.25, 0.3) is 6.20 Å². The van der Waals surface area contributed by atoms with Gasteiger partial charge in [-0.1, -0.05) is 41.7 Å². The number of aromatic nitrogens is 1. The third-order valence-corrected chi connectivity index (χ3v) is 6.12. The fourth-order valence-corrected chi connectivity index (χ4v) is 4.57. The molecule has 0 saturated heterocycles. The summed E-state index contributed by atoms with van der Waals surface area (Å²) in [4.78, 5) is 42.2. The number of fused-ring (bicyclic) bond motifs is 1. The first-order valence-electron chi connectivity index (χ1n) is 10.2. The van der Waals surface area contributed by atoms with E-state index in [4.69, 9.17) is 9.84 Å². The molecule has 0 spiro atoms. The highest BCUT2D eigenvalue weighted by Gasteiger charge is 2.33. The Kier molecular flexibility index (Phi) is 6.23. The van der Waals surface area contributed by atoms with Crippen molar-refractivity contribution in [2.24, 2.45) is 4.99 Å². The van der Waals surface area contributed by atoms with Crippen molar-refractivity contribution in [3.05, 3.63) is 96.7 Å². The predicted octanol–water partition coefficient (Wildman–Crippen LogP) is 2.52. The van der Waals surface area contributed by atoms with Gasteiger partial charge in [-0.05, 0) is 43.7 Å². The fourth-order valence-electron chi connectivity index (χ4n) is 3.60. The molecule has 0 radical (unpaired) electrons. The number of carboxylic acid groups (broad SMARTS) is 1. The van der Waals surface area contributed by atoms with Crippen LogP contribution in [0, 0.1) is 0 Å². The molecule has 0 saturated carbocycles. The topological polar surface area (TPSA) is 110 Å². The van der Waals surface area contributed by atoms with Crippen molar-refractivity contribution in [2.45, 2.75) is 19.9 Å². The van der Waals surface area contributed by atoms with Crippen molar-refractivity contribution < 1.29 is 19.4 Å². The highest BCUT2D eigenvalue weighted by molar-refractivity contribution is 7.07. The van der Waals surface area contributed by atoms with E-state index in [9.17, 15) is 14.4 Å². The number of hydrogen-bond acceptors (Lipinski definition) is 7. The van der Waals surface area contributed by atoms with Gasteiger partial charge in [0, 0.05) is 11.9 Å². The van der Waals surface area contributed by atoms with Gasteiger partial charge >= 0.3 is 11.9 Å². The van der Waals surface area contributed by atoms with Crippen molar-refractivity contribution in [3.8, 4) is 0 Å². The molecule has 2 aromatic carbocycles. The van der Waals surface area contributed by atoms with Crippen molar-refractivity contribution >= 4 is 35.2 Å². The maximum absolute atomic E-state index is 13.4. The number of rotatable bonds is 6. The van der Waals surface area contributed by atoms with Gasteiger partial charge in [0.1, 0.15) is 4.53 Å². The standard InChI is InChI=1S/C24H21N3O5S/c1-3-32-23(31)19-14(2)26-24-27(20(19)15-7-5-4-6-8-15)21(28)18(33-24)13-25-17-11-9-16(10-12-17)22(29)30/h4-13,20,25H,3H2,1-2H3,(H,29,30)/b18-13-/t20-/m0/s1. The van der Waals surface area contributed by atoms with E-state index < -0.39 is 18.0 Å². The Morgan fingerprint density at radius 2 is 1.88 bits per heavy atom. The Hall–Kier alpha value is -3.98. The molecule has 2 N–H and O–H groups in total. The third-order valence-electron chi connectivity index (χ3n) is 5.13. The highest BCUT2D eigenvalue weighted by atomic mass is 32.1. The third kappa shape index (κ3) is 4.35. The first-order valence-corrected chi connectivity index (χ1v) is 11.1. The Morgan fingerprint density at radius 1 is 1.18 bits per heavy atom. The predicted molar refractivity (Wildman–Crippen MR) is 125 cm³/mol. The quantitative estimate of drug-likeness (QED) is 0.544. The van der Waals surface area contributed by atoms with Gasteiger partial charge in [0.2, 0.25) is 0 Å². The van der Waals surface area contributed by atoms with E-state index in [1.165, 1.54) is 28.0 Å². The van der Waals surface area contributed by atoms with Gasteiger partial charge in [0.05, 0.1) is 29.5 Å². The van der Waals surface area contributed by atoms with E-state index in [0.717, 1.165) is 5.56 Å². The molecule has 0 aliphatic carbocycles. The number of ether oxygens (including phenoxy) is 1. The van der Waals surface area contributed by atoms with Crippen LogP contribution in [0.2, 0.25) is 0 Å². The largest absolute Gasteiger partial charge is 0.478 e. The van der Waals surface area contributed by atoms with E-state index in [2.05, 4.69) is 10.3 Å². The molecular formula is C24H21N3O5S. The number of nitrogens with zero attached hydrogens (tertiary/aromatic N) is 2. The summed E-state index contributed by atoms with van der Waals surface area (Å²) in [5.41, 5.74) is 2.13. The summed E-state index contributed by atoms with van der Waals surface area (Å²) in [5.74, 6) is -1.51. The zero-order chi connectivity index (χ0) is 23.5. The van der Waals surface area contributed by atoms with Gasteiger partial charge in [-0.3, -0.25) is 9.36 Å². The Labute approximate surface area is 192 Å². The van der Waals surface area contributed by atoms with Crippen LogP contribution in [0.5, 0.6) is 0 Å². The normalized spacial score (nSPS) is 15.6. The number of carboxylic acids is 1. The molecule has 0 bridgehead atoms. The maximum atomic E-state index is 13.4. The number of carbonyl (C=O) groups is 2. The van der Waals surface area contributed by atoms with Crippen molar-refractivity contribution in [1.29, 1.82) is 0 Å². The Bertz CT molecular complexity index is 1420. The number of hydrogen-bond donors (Lipinski definition) is 2. The van der Waals surface area contributed by atoms with Gasteiger partial charge in [-0.25, -0.2) is 14.6 Å². The van der Waals surface area contributed by atoms with E-state index in [-0.39, 0.29) is 17.7 Å². The van der Waals surface area contributed by atoms with Crippen LogP contribution in [0.1, 0.15) is 35.8 Å². The lowest BCUT2D eigenvalue weighted by Gasteiger charge is -2.24. The van der Waals surface area contributed by atoms with E-state index in [1.54, 1.807) is 32.2 Å². The zero-order valence-electron chi connectivity index (χ0n) is 17.9. The van der Waals surface area contributed by atoms with Gasteiger partial charge in [-0.15, -0.1) is 0 Å². The van der Waals surface area contributed by atoms with Crippen LogP contribution < -0.4 is 20.2 Å². The molecule has 0 unspecified atom stereocenters. The van der Waals surface area contributed by atoms with E-state index in [0.29, 0.717) is 26.3 Å². The van der Waals surface area contributed by atoms with Crippen LogP contribution in [-0.4, -0.2) is 28.2 Å². The van der Waals surface area contributed by atoms with Crippen LogP contribution in [0.3, 0.4) is 0 Å². The fraction of sp³-hybridized carbons (Fsp3) is 0.167. The summed E-state index contributed by atoms with van der Waals surface area (Å²) in [7, 11) is 0. The number of thiazole rings is 1. The lowest BCUT2D eigenvalue weighted by atomic mass is 9.96. The number of benzene rings is 2. The molecule has 33 heavy (non-hydrogen) atoms. The molecule has 9 heteroatoms. The monoisotopic (exact) mass is 463 g/mol. The molecular weight excluding hydrogens is 442 g/mol. The van der Waals surface area contributed by atoms with Gasteiger partial charge in [0.25, 0.3) is 5.56 Å². The average Bonchev–Trinajstić information content (AvgIpc) is 3.12. The van der Waals surface area contributed by atoms with Crippen molar-refractivity contribution in [1.82, 2.24) is 4.57 Å². The van der Waals surface area contributed by atoms with Crippen LogP contribution in [-0.2, 0) is 9.53 Å². The number of aromatic carboxylic acids is 1. The minimum Gasteiger partial charge on any atom is -0.478 e. The molecule has 1 atom stereocenters. The summed E-state index contributed by atoms with van der Waals surface area (Å²) < 4.78 is 7.18. The summed E-state index contributed by atoms with van der Waals surface area (Å²) in [5, 5.41) is 12.1. The maximum Gasteiger partial charge on any atom is 0.338 e. The molecule has 8 nitrogen and oxygen atoms in total. The first kappa shape index (κ1) is 22.2. The number of allylic oxidation sites excluding steroid dienone is 1. The molecule has 1 aliphatic rings. The first-order chi connectivity index (χ1) is 15.9. The molecule has 2 heterocycles. The molecule has 3 aromatic rings. The van der Waals surface area contributed by atoms with Gasteiger partial charge in [-0.2, -0.15) is 0 Å². The molecule has 4 rings (SSSR count).